The maximum atomic E-state index is 5.61. The second-order valence-electron chi connectivity index (χ2n) is 2.73. The molecule has 0 saturated carbocycles. The molecule has 2 rings (SSSR count). The highest BCUT2D eigenvalue weighted by Crippen LogP contribution is 2.27. The average molecular weight is 228 g/mol. The van der Waals surface area contributed by atoms with Crippen LogP contribution in [0.1, 0.15) is 10.7 Å². The number of oxazole rings is 1. The van der Waals surface area contributed by atoms with Gasteiger partial charge >= 0.3 is 0 Å². The number of halogens is 2. The zero-order valence-electron chi connectivity index (χ0n) is 7.15. The number of hydrogen-bond acceptors (Lipinski definition) is 2. The van der Waals surface area contributed by atoms with E-state index in [0.29, 0.717) is 11.7 Å². The minimum Gasteiger partial charge on any atom is -0.438 e. The summed E-state index contributed by atoms with van der Waals surface area (Å²) < 4.78 is 5.36. The molecule has 0 aliphatic carbocycles. The van der Waals surface area contributed by atoms with E-state index in [1.165, 1.54) is 0 Å². The molecule has 0 N–H and O–H groups in total. The Labute approximate surface area is 91.5 Å². The van der Waals surface area contributed by atoms with Crippen molar-refractivity contribution in [3.8, 4) is 11.3 Å². The Morgan fingerprint density at radius 2 is 1.86 bits per heavy atom. The maximum absolute atomic E-state index is 5.61. The van der Waals surface area contributed by atoms with Gasteiger partial charge in [0.05, 0.1) is 6.20 Å². The molecule has 14 heavy (non-hydrogen) atoms. The lowest BCUT2D eigenvalue weighted by Gasteiger charge is -1.94. The summed E-state index contributed by atoms with van der Waals surface area (Å²) in [6.07, 6.45) is 1.61. The molecule has 0 aliphatic heterocycles. The molecule has 1 aromatic heterocycles. The van der Waals surface area contributed by atoms with Crippen LogP contribution >= 0.6 is 23.2 Å². The molecule has 0 aliphatic rings. The van der Waals surface area contributed by atoms with Crippen molar-refractivity contribution in [3.05, 3.63) is 42.4 Å². The molecule has 2 nitrogen and oxygen atoms in total. The lowest BCUT2D eigenvalue weighted by atomic mass is 10.2. The third-order valence-electron chi connectivity index (χ3n) is 1.77. The van der Waals surface area contributed by atoms with Gasteiger partial charge in [0.2, 0.25) is 5.89 Å². The van der Waals surface area contributed by atoms with Crippen molar-refractivity contribution in [1.29, 1.82) is 0 Å². The largest absolute Gasteiger partial charge is 0.438 e. The van der Waals surface area contributed by atoms with Crippen molar-refractivity contribution in [3.63, 3.8) is 0 Å². The molecule has 2 aromatic rings. The third kappa shape index (κ3) is 1.91. The lowest BCUT2D eigenvalue weighted by Crippen LogP contribution is -1.77. The van der Waals surface area contributed by atoms with Crippen molar-refractivity contribution in [2.75, 3.05) is 0 Å². The summed E-state index contributed by atoms with van der Waals surface area (Å²) in [4.78, 5) is 3.25. The molecule has 0 radical (unpaired) electrons. The van der Waals surface area contributed by atoms with Gasteiger partial charge in [-0.25, -0.2) is 4.98 Å². The zero-order chi connectivity index (χ0) is 9.97. The van der Waals surface area contributed by atoms with Crippen LogP contribution in [0.25, 0.3) is 11.3 Å². The molecule has 0 amide bonds. The van der Waals surface area contributed by atoms with E-state index in [1.54, 1.807) is 6.20 Å². The molecule has 0 fully saturated rings. The normalized spacial score (nSPS) is 10.8. The van der Waals surface area contributed by atoms with Gasteiger partial charge in [0, 0.05) is 5.56 Å². The van der Waals surface area contributed by atoms with Crippen LogP contribution in [0.5, 0.6) is 0 Å². The van der Waals surface area contributed by atoms with Gasteiger partial charge in [0.15, 0.2) is 10.6 Å². The molecule has 1 aromatic carbocycles. The summed E-state index contributed by atoms with van der Waals surface area (Å²) in [7, 11) is 0. The van der Waals surface area contributed by atoms with Crippen molar-refractivity contribution in [1.82, 2.24) is 4.98 Å². The Balaban J connectivity index is 2.34. The van der Waals surface area contributed by atoms with E-state index in [9.17, 15) is 0 Å². The Morgan fingerprint density at radius 3 is 2.43 bits per heavy atom. The molecule has 1 heterocycles. The van der Waals surface area contributed by atoms with E-state index < -0.39 is 4.84 Å². The summed E-state index contributed by atoms with van der Waals surface area (Å²) in [5.41, 5.74) is 0.959. The Kier molecular flexibility index (Phi) is 2.75. The topological polar surface area (TPSA) is 26.0 Å². The lowest BCUT2D eigenvalue weighted by molar-refractivity contribution is 0.525. The Bertz CT molecular complexity index is 411. The smallest absolute Gasteiger partial charge is 0.228 e. The van der Waals surface area contributed by atoms with Gasteiger partial charge in [-0.15, -0.1) is 0 Å². The highest BCUT2D eigenvalue weighted by Gasteiger charge is 2.11. The zero-order valence-corrected chi connectivity index (χ0v) is 8.66. The van der Waals surface area contributed by atoms with Gasteiger partial charge in [-0.2, -0.15) is 0 Å². The molecule has 0 unspecified atom stereocenters. The van der Waals surface area contributed by atoms with Crippen LogP contribution in [-0.2, 0) is 0 Å². The van der Waals surface area contributed by atoms with Gasteiger partial charge in [0.1, 0.15) is 0 Å². The van der Waals surface area contributed by atoms with E-state index in [0.717, 1.165) is 5.56 Å². The Hall–Kier alpha value is -0.990. The van der Waals surface area contributed by atoms with Crippen molar-refractivity contribution < 1.29 is 4.42 Å². The van der Waals surface area contributed by atoms with Crippen LogP contribution in [0.2, 0.25) is 0 Å². The van der Waals surface area contributed by atoms with Gasteiger partial charge in [-0.3, -0.25) is 0 Å². The van der Waals surface area contributed by atoms with Crippen LogP contribution in [0.3, 0.4) is 0 Å². The first-order valence-electron chi connectivity index (χ1n) is 4.06. The standard InChI is InChI=1S/C10H7Cl2NO/c11-9(12)10-13-6-8(14-10)7-4-2-1-3-5-7/h1-6,9H. The number of alkyl halides is 2. The van der Waals surface area contributed by atoms with Crippen molar-refractivity contribution in [2.45, 2.75) is 4.84 Å². The SMILES string of the molecule is ClC(Cl)c1ncc(-c2ccccc2)o1. The quantitative estimate of drug-likeness (QED) is 0.730. The maximum Gasteiger partial charge on any atom is 0.228 e. The molecule has 0 saturated heterocycles. The second-order valence-corrected chi connectivity index (χ2v) is 3.83. The fraction of sp³-hybridized carbons (Fsp3) is 0.100. The fourth-order valence-corrected chi connectivity index (χ4v) is 1.33. The number of aromatic nitrogens is 1. The van der Waals surface area contributed by atoms with Crippen molar-refractivity contribution >= 4 is 23.2 Å². The van der Waals surface area contributed by atoms with Crippen LogP contribution in [0.15, 0.2) is 40.9 Å². The monoisotopic (exact) mass is 227 g/mol. The van der Waals surface area contributed by atoms with Gasteiger partial charge in [0.25, 0.3) is 0 Å². The third-order valence-corrected chi connectivity index (χ3v) is 2.14. The minimum absolute atomic E-state index is 0.326. The van der Waals surface area contributed by atoms with Crippen LogP contribution in [0, 0.1) is 0 Å². The first kappa shape index (κ1) is 9.56. The molecule has 4 heteroatoms. The minimum atomic E-state index is -0.715. The highest BCUT2D eigenvalue weighted by molar-refractivity contribution is 6.43. The summed E-state index contributed by atoms with van der Waals surface area (Å²) >= 11 is 11.2. The predicted octanol–water partition coefficient (Wildman–Crippen LogP) is 3.82. The predicted molar refractivity (Wildman–Crippen MR) is 56.4 cm³/mol. The number of nitrogens with zero attached hydrogens (tertiary/aromatic N) is 1. The molecule has 0 atom stereocenters. The number of hydrogen-bond donors (Lipinski definition) is 0. The van der Waals surface area contributed by atoms with E-state index in [1.807, 2.05) is 30.3 Å². The van der Waals surface area contributed by atoms with Crippen molar-refractivity contribution in [2.24, 2.45) is 0 Å². The summed E-state index contributed by atoms with van der Waals surface area (Å²) in [5, 5.41) is 0. The first-order chi connectivity index (χ1) is 6.77. The number of rotatable bonds is 2. The van der Waals surface area contributed by atoms with Gasteiger partial charge < -0.3 is 4.42 Å². The first-order valence-corrected chi connectivity index (χ1v) is 4.94. The number of benzene rings is 1. The van der Waals surface area contributed by atoms with Crippen LogP contribution < -0.4 is 0 Å². The van der Waals surface area contributed by atoms with Gasteiger partial charge in [-0.05, 0) is 0 Å². The second kappa shape index (κ2) is 4.03. The molecule has 0 bridgehead atoms. The summed E-state index contributed by atoms with van der Waals surface area (Å²) in [5.74, 6) is 0.999. The van der Waals surface area contributed by atoms with E-state index >= 15 is 0 Å². The summed E-state index contributed by atoms with van der Waals surface area (Å²) in [6, 6.07) is 9.66. The molecular formula is C10H7Cl2NO. The van der Waals surface area contributed by atoms with Crippen LogP contribution in [0.4, 0.5) is 0 Å². The van der Waals surface area contributed by atoms with E-state index in [2.05, 4.69) is 4.98 Å². The van der Waals surface area contributed by atoms with E-state index in [-0.39, 0.29) is 0 Å². The fourth-order valence-electron chi connectivity index (χ4n) is 1.12. The Morgan fingerprint density at radius 1 is 1.14 bits per heavy atom. The molecule has 72 valence electrons. The average Bonchev–Trinajstić information content (AvgIpc) is 2.68. The highest BCUT2D eigenvalue weighted by atomic mass is 35.5. The summed E-state index contributed by atoms with van der Waals surface area (Å²) in [6.45, 7) is 0. The molecular weight excluding hydrogens is 221 g/mol. The molecule has 0 spiro atoms. The van der Waals surface area contributed by atoms with Gasteiger partial charge in [-0.1, -0.05) is 53.5 Å². The van der Waals surface area contributed by atoms with E-state index in [4.69, 9.17) is 27.6 Å². The van der Waals surface area contributed by atoms with Crippen LogP contribution in [-0.4, -0.2) is 4.98 Å².